The number of likely N-dealkylation sites (tertiary alicyclic amines) is 1. The van der Waals surface area contributed by atoms with Crippen molar-refractivity contribution in [2.45, 2.75) is 52.1 Å². The highest BCUT2D eigenvalue weighted by atomic mass is 16.6. The molecule has 2 saturated heterocycles. The minimum absolute atomic E-state index is 0.107. The molecule has 5 heteroatoms. The first-order valence-corrected chi connectivity index (χ1v) is 7.04. The van der Waals surface area contributed by atoms with E-state index in [0.717, 1.165) is 38.9 Å². The zero-order valence-corrected chi connectivity index (χ0v) is 12.1. The van der Waals surface area contributed by atoms with E-state index in [2.05, 4.69) is 5.32 Å². The molecule has 2 fully saturated rings. The third-order valence-corrected chi connectivity index (χ3v) is 3.95. The molecule has 0 aromatic heterocycles. The van der Waals surface area contributed by atoms with Crippen molar-refractivity contribution in [1.29, 1.82) is 0 Å². The standard InChI is InChI=1S/C14H24N2O3/c1-13(2,3)19-12(18)16-9-7-14(10-16)5-4-11(17)15-8-6-14/h4-10H2,1-3H3,(H,15,17). The third-order valence-electron chi connectivity index (χ3n) is 3.95. The maximum atomic E-state index is 12.1. The highest BCUT2D eigenvalue weighted by Gasteiger charge is 2.41. The van der Waals surface area contributed by atoms with Crippen molar-refractivity contribution in [3.8, 4) is 0 Å². The van der Waals surface area contributed by atoms with Crippen LogP contribution in [0.3, 0.4) is 0 Å². The monoisotopic (exact) mass is 268 g/mol. The second-order valence-electron chi connectivity index (χ2n) is 6.75. The minimum atomic E-state index is -0.451. The smallest absolute Gasteiger partial charge is 0.410 e. The van der Waals surface area contributed by atoms with Gasteiger partial charge in [-0.25, -0.2) is 4.79 Å². The molecule has 1 unspecified atom stereocenters. The Morgan fingerprint density at radius 1 is 1.32 bits per heavy atom. The lowest BCUT2D eigenvalue weighted by atomic mass is 9.80. The highest BCUT2D eigenvalue weighted by molar-refractivity contribution is 5.76. The summed E-state index contributed by atoms with van der Waals surface area (Å²) >= 11 is 0. The van der Waals surface area contributed by atoms with Gasteiger partial charge in [0, 0.05) is 26.1 Å². The Kier molecular flexibility index (Phi) is 3.74. The van der Waals surface area contributed by atoms with Gasteiger partial charge in [-0.15, -0.1) is 0 Å². The molecule has 2 aliphatic rings. The van der Waals surface area contributed by atoms with Gasteiger partial charge in [0.05, 0.1) is 0 Å². The van der Waals surface area contributed by atoms with Crippen molar-refractivity contribution in [2.75, 3.05) is 19.6 Å². The molecule has 2 heterocycles. The topological polar surface area (TPSA) is 58.6 Å². The molecular formula is C14H24N2O3. The summed E-state index contributed by atoms with van der Waals surface area (Å²) in [5, 5.41) is 2.90. The molecule has 0 aromatic carbocycles. The van der Waals surface area contributed by atoms with Crippen LogP contribution in [-0.2, 0) is 9.53 Å². The fourth-order valence-electron chi connectivity index (χ4n) is 2.88. The first kappa shape index (κ1) is 14.2. The van der Waals surface area contributed by atoms with E-state index >= 15 is 0 Å². The number of hydrogen-bond acceptors (Lipinski definition) is 3. The Morgan fingerprint density at radius 2 is 2.05 bits per heavy atom. The number of carbonyl (C=O) groups is 2. The summed E-state index contributed by atoms with van der Waals surface area (Å²) in [4.78, 5) is 25.3. The van der Waals surface area contributed by atoms with Crippen LogP contribution in [0.5, 0.6) is 0 Å². The Morgan fingerprint density at radius 3 is 2.74 bits per heavy atom. The Bertz CT molecular complexity index is 375. The summed E-state index contributed by atoms with van der Waals surface area (Å²) in [7, 11) is 0. The van der Waals surface area contributed by atoms with E-state index < -0.39 is 5.60 Å². The van der Waals surface area contributed by atoms with E-state index in [4.69, 9.17) is 4.74 Å². The van der Waals surface area contributed by atoms with Crippen LogP contribution in [0.15, 0.2) is 0 Å². The van der Waals surface area contributed by atoms with Crippen LogP contribution in [0.2, 0.25) is 0 Å². The molecule has 1 N–H and O–H groups in total. The van der Waals surface area contributed by atoms with Gasteiger partial charge in [0.1, 0.15) is 5.60 Å². The normalized spacial score (nSPS) is 28.2. The summed E-state index contributed by atoms with van der Waals surface area (Å²) in [6, 6.07) is 0. The van der Waals surface area contributed by atoms with Gasteiger partial charge >= 0.3 is 6.09 Å². The molecule has 1 spiro atoms. The average molecular weight is 268 g/mol. The second-order valence-corrected chi connectivity index (χ2v) is 6.75. The lowest BCUT2D eigenvalue weighted by Crippen LogP contribution is -2.37. The van der Waals surface area contributed by atoms with Gasteiger partial charge in [-0.05, 0) is 45.4 Å². The van der Waals surface area contributed by atoms with Crippen LogP contribution < -0.4 is 5.32 Å². The maximum Gasteiger partial charge on any atom is 0.410 e. The van der Waals surface area contributed by atoms with E-state index in [1.807, 2.05) is 20.8 Å². The number of hydrogen-bond donors (Lipinski definition) is 1. The van der Waals surface area contributed by atoms with E-state index in [0.29, 0.717) is 6.42 Å². The van der Waals surface area contributed by atoms with Crippen molar-refractivity contribution in [1.82, 2.24) is 10.2 Å². The Hall–Kier alpha value is -1.26. The largest absolute Gasteiger partial charge is 0.444 e. The molecule has 2 amide bonds. The first-order valence-electron chi connectivity index (χ1n) is 7.04. The van der Waals surface area contributed by atoms with Gasteiger partial charge in [-0.1, -0.05) is 0 Å². The highest BCUT2D eigenvalue weighted by Crippen LogP contribution is 2.39. The van der Waals surface area contributed by atoms with Crippen LogP contribution in [0, 0.1) is 5.41 Å². The van der Waals surface area contributed by atoms with Crippen LogP contribution >= 0.6 is 0 Å². The molecule has 5 nitrogen and oxygen atoms in total. The predicted octanol–water partition coefficient (Wildman–Crippen LogP) is 1.91. The molecule has 0 bridgehead atoms. The Balaban J connectivity index is 1.95. The quantitative estimate of drug-likeness (QED) is 0.730. The molecule has 19 heavy (non-hydrogen) atoms. The second kappa shape index (κ2) is 5.02. The zero-order chi connectivity index (χ0) is 14.1. The summed E-state index contributed by atoms with van der Waals surface area (Å²) in [6.45, 7) is 7.82. The van der Waals surface area contributed by atoms with Crippen molar-refractivity contribution in [3.63, 3.8) is 0 Å². The zero-order valence-electron chi connectivity index (χ0n) is 12.1. The summed E-state index contributed by atoms with van der Waals surface area (Å²) in [6.07, 6.45) is 3.15. The SMILES string of the molecule is CC(C)(C)OC(=O)N1CCC2(CCNC(=O)CC2)C1. The minimum Gasteiger partial charge on any atom is -0.444 e. The van der Waals surface area contributed by atoms with Crippen molar-refractivity contribution in [3.05, 3.63) is 0 Å². The number of nitrogens with one attached hydrogen (secondary N) is 1. The molecule has 108 valence electrons. The van der Waals surface area contributed by atoms with E-state index in [1.54, 1.807) is 4.90 Å². The molecule has 0 aromatic rings. The number of nitrogens with zero attached hydrogens (tertiary/aromatic N) is 1. The number of carbonyl (C=O) groups excluding carboxylic acids is 2. The van der Waals surface area contributed by atoms with Gasteiger partial charge in [0.25, 0.3) is 0 Å². The molecule has 0 saturated carbocycles. The van der Waals surface area contributed by atoms with Gasteiger partial charge in [0.15, 0.2) is 0 Å². The number of amides is 2. The number of ether oxygens (including phenoxy) is 1. The van der Waals surface area contributed by atoms with Crippen LogP contribution in [0.1, 0.15) is 46.5 Å². The molecular weight excluding hydrogens is 244 g/mol. The fraction of sp³-hybridized carbons (Fsp3) is 0.857. The van der Waals surface area contributed by atoms with E-state index in [-0.39, 0.29) is 17.4 Å². The van der Waals surface area contributed by atoms with Gasteiger partial charge in [0.2, 0.25) is 5.91 Å². The lowest BCUT2D eigenvalue weighted by Gasteiger charge is -2.28. The van der Waals surface area contributed by atoms with Gasteiger partial charge in [-0.2, -0.15) is 0 Å². The van der Waals surface area contributed by atoms with Crippen LogP contribution in [0.25, 0.3) is 0 Å². The average Bonchev–Trinajstić information content (AvgIpc) is 2.60. The predicted molar refractivity (Wildman–Crippen MR) is 71.7 cm³/mol. The maximum absolute atomic E-state index is 12.1. The molecule has 0 radical (unpaired) electrons. The van der Waals surface area contributed by atoms with E-state index in [1.165, 1.54) is 0 Å². The van der Waals surface area contributed by atoms with Crippen LogP contribution in [0.4, 0.5) is 4.79 Å². The summed E-state index contributed by atoms with van der Waals surface area (Å²) in [5.74, 6) is 0.132. The number of rotatable bonds is 0. The summed E-state index contributed by atoms with van der Waals surface area (Å²) in [5.41, 5.74) is -0.343. The molecule has 1 atom stereocenters. The van der Waals surface area contributed by atoms with E-state index in [9.17, 15) is 9.59 Å². The summed E-state index contributed by atoms with van der Waals surface area (Å²) < 4.78 is 5.41. The van der Waals surface area contributed by atoms with Crippen molar-refractivity contribution in [2.24, 2.45) is 5.41 Å². The fourth-order valence-corrected chi connectivity index (χ4v) is 2.88. The van der Waals surface area contributed by atoms with Gasteiger partial charge < -0.3 is 15.0 Å². The van der Waals surface area contributed by atoms with Crippen LogP contribution in [-0.4, -0.2) is 42.1 Å². The lowest BCUT2D eigenvalue weighted by molar-refractivity contribution is -0.120. The third kappa shape index (κ3) is 3.61. The van der Waals surface area contributed by atoms with Gasteiger partial charge in [-0.3, -0.25) is 4.79 Å². The molecule has 2 aliphatic heterocycles. The molecule has 0 aliphatic carbocycles. The Labute approximate surface area is 114 Å². The van der Waals surface area contributed by atoms with Crippen molar-refractivity contribution < 1.29 is 14.3 Å². The molecule has 2 rings (SSSR count). The van der Waals surface area contributed by atoms with Crippen molar-refractivity contribution >= 4 is 12.0 Å². The first-order chi connectivity index (χ1) is 8.80.